The molecule has 0 amide bonds. The van der Waals surface area contributed by atoms with Crippen molar-refractivity contribution < 1.29 is 13.2 Å². The van der Waals surface area contributed by atoms with Crippen LogP contribution >= 0.6 is 0 Å². The molecule has 0 saturated heterocycles. The zero-order valence-corrected chi connectivity index (χ0v) is 11.5. The number of hydrogen-bond acceptors (Lipinski definition) is 1. The van der Waals surface area contributed by atoms with E-state index in [-0.39, 0.29) is 5.69 Å². The Morgan fingerprint density at radius 2 is 1.18 bits per heavy atom. The molecule has 0 aliphatic carbocycles. The third-order valence-corrected chi connectivity index (χ3v) is 3.32. The summed E-state index contributed by atoms with van der Waals surface area (Å²) < 4.78 is 39.7. The number of benzene rings is 2. The molecule has 1 nitrogen and oxygen atoms in total. The fraction of sp³-hybridized carbons (Fsp3) is 0.0556. The Balaban J connectivity index is 2.20. The molecule has 1 heterocycles. The van der Waals surface area contributed by atoms with Gasteiger partial charge in [-0.15, -0.1) is 0 Å². The van der Waals surface area contributed by atoms with Crippen LogP contribution in [0.1, 0.15) is 5.56 Å². The average Bonchev–Trinajstić information content (AvgIpc) is 2.55. The molecule has 2 aromatic carbocycles. The van der Waals surface area contributed by atoms with Crippen molar-refractivity contribution in [3.05, 3.63) is 78.4 Å². The van der Waals surface area contributed by atoms with Crippen molar-refractivity contribution in [2.75, 3.05) is 0 Å². The van der Waals surface area contributed by atoms with Gasteiger partial charge >= 0.3 is 6.18 Å². The van der Waals surface area contributed by atoms with Crippen LogP contribution in [0.4, 0.5) is 13.2 Å². The second kappa shape index (κ2) is 5.64. The second-order valence-corrected chi connectivity index (χ2v) is 4.82. The van der Waals surface area contributed by atoms with Gasteiger partial charge in [0.25, 0.3) is 0 Å². The number of alkyl halides is 3. The van der Waals surface area contributed by atoms with Crippen LogP contribution in [0.3, 0.4) is 0 Å². The van der Waals surface area contributed by atoms with E-state index in [4.69, 9.17) is 0 Å². The minimum Gasteiger partial charge on any atom is -0.247 e. The van der Waals surface area contributed by atoms with Crippen LogP contribution in [0, 0.1) is 0 Å². The molecule has 0 spiro atoms. The van der Waals surface area contributed by atoms with Gasteiger partial charge in [-0.05, 0) is 12.1 Å². The van der Waals surface area contributed by atoms with Crippen molar-refractivity contribution in [3.8, 4) is 22.5 Å². The smallest absolute Gasteiger partial charge is 0.247 e. The first-order valence-electron chi connectivity index (χ1n) is 6.75. The maximum absolute atomic E-state index is 13.2. The van der Waals surface area contributed by atoms with Crippen LogP contribution in [0.15, 0.2) is 72.8 Å². The van der Waals surface area contributed by atoms with Crippen molar-refractivity contribution in [1.82, 2.24) is 4.98 Å². The summed E-state index contributed by atoms with van der Waals surface area (Å²) in [6, 6.07) is 20.1. The fourth-order valence-electron chi connectivity index (χ4n) is 2.27. The van der Waals surface area contributed by atoms with E-state index in [1.165, 1.54) is 6.07 Å². The molecular formula is C18H12F3N. The third kappa shape index (κ3) is 2.86. The fourth-order valence-corrected chi connectivity index (χ4v) is 2.27. The van der Waals surface area contributed by atoms with Crippen LogP contribution in [-0.2, 0) is 6.18 Å². The molecule has 0 aliphatic heterocycles. The molecule has 4 heteroatoms. The van der Waals surface area contributed by atoms with Crippen molar-refractivity contribution in [1.29, 1.82) is 0 Å². The molecule has 0 fully saturated rings. The number of pyridine rings is 1. The Labute approximate surface area is 126 Å². The highest BCUT2D eigenvalue weighted by Crippen LogP contribution is 2.37. The summed E-state index contributed by atoms with van der Waals surface area (Å²) in [6.07, 6.45) is -4.44. The Hall–Kier alpha value is -2.62. The summed E-state index contributed by atoms with van der Waals surface area (Å²) in [5.74, 6) is 0. The third-order valence-electron chi connectivity index (χ3n) is 3.32. The second-order valence-electron chi connectivity index (χ2n) is 4.82. The number of hydrogen-bond donors (Lipinski definition) is 0. The van der Waals surface area contributed by atoms with E-state index in [1.54, 1.807) is 30.3 Å². The lowest BCUT2D eigenvalue weighted by molar-refractivity contribution is -0.137. The Morgan fingerprint density at radius 1 is 0.636 bits per heavy atom. The Kier molecular flexibility index (Phi) is 3.67. The Bertz CT molecular complexity index is 765. The number of rotatable bonds is 2. The molecular weight excluding hydrogens is 287 g/mol. The topological polar surface area (TPSA) is 12.9 Å². The van der Waals surface area contributed by atoms with Crippen LogP contribution in [0.25, 0.3) is 22.5 Å². The molecule has 110 valence electrons. The van der Waals surface area contributed by atoms with Gasteiger partial charge in [0.1, 0.15) is 0 Å². The lowest BCUT2D eigenvalue weighted by Gasteiger charge is -2.14. The normalized spacial score (nSPS) is 11.4. The zero-order chi connectivity index (χ0) is 15.6. The summed E-state index contributed by atoms with van der Waals surface area (Å²) >= 11 is 0. The number of halogens is 3. The quantitative estimate of drug-likeness (QED) is 0.614. The van der Waals surface area contributed by atoms with Crippen LogP contribution in [-0.4, -0.2) is 4.98 Å². The maximum Gasteiger partial charge on any atom is 0.418 e. The van der Waals surface area contributed by atoms with Gasteiger partial charge in [0, 0.05) is 11.1 Å². The highest BCUT2D eigenvalue weighted by Gasteiger charge is 2.34. The molecule has 3 rings (SSSR count). The number of aromatic nitrogens is 1. The molecule has 0 N–H and O–H groups in total. The van der Waals surface area contributed by atoms with E-state index >= 15 is 0 Å². The van der Waals surface area contributed by atoms with E-state index in [2.05, 4.69) is 4.98 Å². The van der Waals surface area contributed by atoms with Crippen LogP contribution in [0.5, 0.6) is 0 Å². The zero-order valence-electron chi connectivity index (χ0n) is 11.5. The minimum atomic E-state index is -4.44. The van der Waals surface area contributed by atoms with Crippen molar-refractivity contribution in [2.24, 2.45) is 0 Å². The van der Waals surface area contributed by atoms with Crippen LogP contribution in [0.2, 0.25) is 0 Å². The summed E-state index contributed by atoms with van der Waals surface area (Å²) in [7, 11) is 0. The van der Waals surface area contributed by atoms with E-state index in [0.717, 1.165) is 11.6 Å². The first-order valence-corrected chi connectivity index (χ1v) is 6.75. The van der Waals surface area contributed by atoms with Crippen molar-refractivity contribution >= 4 is 0 Å². The first kappa shape index (κ1) is 14.3. The van der Waals surface area contributed by atoms with E-state index in [9.17, 15) is 13.2 Å². The van der Waals surface area contributed by atoms with Gasteiger partial charge in [0.2, 0.25) is 0 Å². The van der Waals surface area contributed by atoms with Crippen molar-refractivity contribution in [2.45, 2.75) is 6.18 Å². The average molecular weight is 299 g/mol. The van der Waals surface area contributed by atoms with Crippen molar-refractivity contribution in [3.63, 3.8) is 0 Å². The highest BCUT2D eigenvalue weighted by atomic mass is 19.4. The predicted molar refractivity (Wildman–Crippen MR) is 80.1 cm³/mol. The molecule has 0 radical (unpaired) electrons. The van der Waals surface area contributed by atoms with Gasteiger partial charge in [-0.3, -0.25) is 0 Å². The van der Waals surface area contributed by atoms with Gasteiger partial charge in [0.15, 0.2) is 0 Å². The SMILES string of the molecule is FC(F)(F)c1ccc(-c2ccccc2)nc1-c1ccccc1. The molecule has 22 heavy (non-hydrogen) atoms. The summed E-state index contributed by atoms with van der Waals surface area (Å²) in [4.78, 5) is 4.26. The molecule has 0 unspecified atom stereocenters. The highest BCUT2D eigenvalue weighted by molar-refractivity contribution is 5.69. The van der Waals surface area contributed by atoms with E-state index < -0.39 is 11.7 Å². The van der Waals surface area contributed by atoms with Gasteiger partial charge in [0.05, 0.1) is 17.0 Å². The summed E-state index contributed by atoms with van der Waals surface area (Å²) in [6.45, 7) is 0. The molecule has 0 aliphatic rings. The molecule has 1 aromatic heterocycles. The minimum absolute atomic E-state index is 0.0468. The standard InChI is InChI=1S/C18H12F3N/c19-18(20,21)15-11-12-16(13-7-3-1-4-8-13)22-17(15)14-9-5-2-6-10-14/h1-12H. The lowest BCUT2D eigenvalue weighted by atomic mass is 10.0. The first-order chi connectivity index (χ1) is 10.6. The monoisotopic (exact) mass is 299 g/mol. The largest absolute Gasteiger partial charge is 0.418 e. The molecule has 0 bridgehead atoms. The Morgan fingerprint density at radius 3 is 1.73 bits per heavy atom. The van der Waals surface area contributed by atoms with Crippen LogP contribution < -0.4 is 0 Å². The molecule has 3 aromatic rings. The molecule has 0 atom stereocenters. The van der Waals surface area contributed by atoms with Gasteiger partial charge in [-0.25, -0.2) is 4.98 Å². The summed E-state index contributed by atoms with van der Waals surface area (Å²) in [5.41, 5.74) is 0.987. The summed E-state index contributed by atoms with van der Waals surface area (Å²) in [5, 5.41) is 0. The maximum atomic E-state index is 13.2. The van der Waals surface area contributed by atoms with Gasteiger partial charge in [-0.1, -0.05) is 60.7 Å². The number of nitrogens with zero attached hydrogens (tertiary/aromatic N) is 1. The predicted octanol–water partition coefficient (Wildman–Crippen LogP) is 5.43. The van der Waals surface area contributed by atoms with E-state index in [1.807, 2.05) is 30.3 Å². The molecule has 0 saturated carbocycles. The van der Waals surface area contributed by atoms with Gasteiger partial charge < -0.3 is 0 Å². The van der Waals surface area contributed by atoms with Gasteiger partial charge in [-0.2, -0.15) is 13.2 Å². The van der Waals surface area contributed by atoms with E-state index in [0.29, 0.717) is 11.3 Å². The lowest BCUT2D eigenvalue weighted by Crippen LogP contribution is -2.09.